The van der Waals surface area contributed by atoms with E-state index < -0.39 is 16.1 Å². The number of benzene rings is 2. The number of nitrogens with one attached hydrogen (secondary N) is 1. The summed E-state index contributed by atoms with van der Waals surface area (Å²) in [6, 6.07) is 15.9. The zero-order valence-corrected chi connectivity index (χ0v) is 19.2. The minimum atomic E-state index is -3.68. The molecular weight excluding hydrogens is 424 g/mol. The molecule has 1 saturated heterocycles. The first-order valence-corrected chi connectivity index (χ1v) is 13.1. The Bertz CT molecular complexity index is 986. The molecule has 1 aliphatic heterocycles. The number of rotatable bonds is 8. The highest BCUT2D eigenvalue weighted by molar-refractivity contribution is 7.89. The third-order valence-corrected chi connectivity index (χ3v) is 8.41. The van der Waals surface area contributed by atoms with Gasteiger partial charge in [-0.3, -0.25) is 4.79 Å². The Morgan fingerprint density at radius 1 is 0.938 bits per heavy atom. The molecule has 2 aromatic rings. The molecule has 2 fully saturated rings. The van der Waals surface area contributed by atoms with Crippen LogP contribution in [-0.4, -0.2) is 44.4 Å². The molecule has 32 heavy (non-hydrogen) atoms. The summed E-state index contributed by atoms with van der Waals surface area (Å²) < 4.78 is 33.0. The van der Waals surface area contributed by atoms with Gasteiger partial charge in [-0.1, -0.05) is 49.6 Å². The van der Waals surface area contributed by atoms with Crippen molar-refractivity contribution in [1.82, 2.24) is 9.62 Å². The van der Waals surface area contributed by atoms with Crippen LogP contribution in [0, 0.1) is 0 Å². The third-order valence-electron chi connectivity index (χ3n) is 6.48. The molecule has 0 spiro atoms. The molecule has 2 aromatic carbocycles. The molecule has 1 atom stereocenters. The SMILES string of the molecule is O=C(NCCOc1ccc(C2CCCCC2)cc1)[C@@H]1CCCN1S(=O)(=O)c1ccccc1. The van der Waals surface area contributed by atoms with Crippen molar-refractivity contribution in [2.75, 3.05) is 19.7 Å². The largest absolute Gasteiger partial charge is 0.492 e. The average Bonchev–Trinajstić information content (AvgIpc) is 3.34. The van der Waals surface area contributed by atoms with Gasteiger partial charge in [0.15, 0.2) is 0 Å². The molecule has 0 radical (unpaired) electrons. The molecule has 1 saturated carbocycles. The molecule has 172 valence electrons. The Kier molecular flexibility index (Phi) is 7.48. The number of carbonyl (C=O) groups excluding carboxylic acids is 1. The minimum absolute atomic E-state index is 0.222. The number of carbonyl (C=O) groups is 1. The van der Waals surface area contributed by atoms with Crippen LogP contribution >= 0.6 is 0 Å². The highest BCUT2D eigenvalue weighted by Gasteiger charge is 2.39. The van der Waals surface area contributed by atoms with Gasteiger partial charge >= 0.3 is 0 Å². The molecule has 1 N–H and O–H groups in total. The van der Waals surface area contributed by atoms with E-state index in [1.54, 1.807) is 30.3 Å². The number of hydrogen-bond donors (Lipinski definition) is 1. The van der Waals surface area contributed by atoms with Crippen molar-refractivity contribution in [3.63, 3.8) is 0 Å². The van der Waals surface area contributed by atoms with Crippen LogP contribution in [0.1, 0.15) is 56.4 Å². The maximum atomic E-state index is 12.9. The summed E-state index contributed by atoms with van der Waals surface area (Å²) in [6.07, 6.45) is 7.71. The van der Waals surface area contributed by atoms with Crippen molar-refractivity contribution in [3.05, 3.63) is 60.2 Å². The topological polar surface area (TPSA) is 75.7 Å². The summed E-state index contributed by atoms with van der Waals surface area (Å²) in [5, 5.41) is 2.84. The predicted octanol–water partition coefficient (Wildman–Crippen LogP) is 4.08. The fourth-order valence-electron chi connectivity index (χ4n) is 4.75. The molecule has 0 aromatic heterocycles. The van der Waals surface area contributed by atoms with Crippen molar-refractivity contribution in [3.8, 4) is 5.75 Å². The number of ether oxygens (including phenoxy) is 1. The normalized spacial score (nSPS) is 20.2. The molecule has 2 aliphatic rings. The van der Waals surface area contributed by atoms with Crippen LogP contribution in [-0.2, 0) is 14.8 Å². The average molecular weight is 457 g/mol. The predicted molar refractivity (Wildman–Crippen MR) is 124 cm³/mol. The second kappa shape index (κ2) is 10.5. The van der Waals surface area contributed by atoms with Crippen LogP contribution in [0.15, 0.2) is 59.5 Å². The highest BCUT2D eigenvalue weighted by atomic mass is 32.2. The first-order chi connectivity index (χ1) is 15.6. The minimum Gasteiger partial charge on any atom is -0.492 e. The Morgan fingerprint density at radius 2 is 1.66 bits per heavy atom. The van der Waals surface area contributed by atoms with E-state index in [1.165, 1.54) is 42.0 Å². The van der Waals surface area contributed by atoms with E-state index in [2.05, 4.69) is 17.4 Å². The maximum absolute atomic E-state index is 12.9. The Morgan fingerprint density at radius 3 is 2.38 bits per heavy atom. The third kappa shape index (κ3) is 5.33. The molecule has 0 unspecified atom stereocenters. The van der Waals surface area contributed by atoms with Gasteiger partial charge in [0.25, 0.3) is 0 Å². The Hall–Kier alpha value is -2.38. The lowest BCUT2D eigenvalue weighted by Crippen LogP contribution is -2.46. The fraction of sp³-hybridized carbons (Fsp3) is 0.480. The standard InChI is InChI=1S/C25H32N2O4S/c28-25(24-12-7-18-27(24)32(29,30)23-10-5-2-6-11-23)26-17-19-31-22-15-13-21(14-16-22)20-8-3-1-4-9-20/h2,5-6,10-11,13-16,20,24H,1,3-4,7-9,12,17-19H2,(H,26,28)/t24-/m0/s1. The van der Waals surface area contributed by atoms with Crippen LogP contribution < -0.4 is 10.1 Å². The van der Waals surface area contributed by atoms with Gasteiger partial charge < -0.3 is 10.1 Å². The fourth-order valence-corrected chi connectivity index (χ4v) is 6.43. The molecule has 4 rings (SSSR count). The van der Waals surface area contributed by atoms with E-state index in [1.807, 2.05) is 12.1 Å². The first kappa shape index (κ1) is 22.8. The van der Waals surface area contributed by atoms with Crippen molar-refractivity contribution in [2.45, 2.75) is 61.8 Å². The number of nitrogens with zero attached hydrogens (tertiary/aromatic N) is 1. The van der Waals surface area contributed by atoms with Gasteiger partial charge in [-0.15, -0.1) is 0 Å². The summed E-state index contributed by atoms with van der Waals surface area (Å²) in [5.41, 5.74) is 1.38. The molecule has 7 heteroatoms. The zero-order chi connectivity index (χ0) is 22.4. The second-order valence-electron chi connectivity index (χ2n) is 8.63. The van der Waals surface area contributed by atoms with Crippen molar-refractivity contribution in [2.24, 2.45) is 0 Å². The quantitative estimate of drug-likeness (QED) is 0.607. The molecule has 1 amide bonds. The summed E-state index contributed by atoms with van der Waals surface area (Å²) in [5.74, 6) is 1.19. The van der Waals surface area contributed by atoms with E-state index in [-0.39, 0.29) is 10.8 Å². The van der Waals surface area contributed by atoms with Gasteiger partial charge in [-0.2, -0.15) is 4.31 Å². The van der Waals surface area contributed by atoms with Crippen LogP contribution in [0.5, 0.6) is 5.75 Å². The Balaban J connectivity index is 1.25. The van der Waals surface area contributed by atoms with Gasteiger partial charge in [0.1, 0.15) is 18.4 Å². The van der Waals surface area contributed by atoms with Crippen LogP contribution in [0.4, 0.5) is 0 Å². The zero-order valence-electron chi connectivity index (χ0n) is 18.4. The van der Waals surface area contributed by atoms with E-state index in [0.717, 1.165) is 5.75 Å². The van der Waals surface area contributed by atoms with E-state index in [9.17, 15) is 13.2 Å². The number of amides is 1. The highest BCUT2D eigenvalue weighted by Crippen LogP contribution is 2.33. The van der Waals surface area contributed by atoms with E-state index in [0.29, 0.717) is 38.5 Å². The van der Waals surface area contributed by atoms with Gasteiger partial charge in [0.2, 0.25) is 15.9 Å². The molecule has 6 nitrogen and oxygen atoms in total. The molecule has 1 heterocycles. The van der Waals surface area contributed by atoms with Gasteiger partial charge in [-0.25, -0.2) is 8.42 Å². The van der Waals surface area contributed by atoms with E-state index >= 15 is 0 Å². The lowest BCUT2D eigenvalue weighted by Gasteiger charge is -2.23. The van der Waals surface area contributed by atoms with Gasteiger partial charge in [0.05, 0.1) is 11.4 Å². The summed E-state index contributed by atoms with van der Waals surface area (Å²) >= 11 is 0. The van der Waals surface area contributed by atoms with E-state index in [4.69, 9.17) is 4.74 Å². The molecular formula is C25H32N2O4S. The van der Waals surface area contributed by atoms with Gasteiger partial charge in [0, 0.05) is 6.54 Å². The molecule has 1 aliphatic carbocycles. The van der Waals surface area contributed by atoms with Crippen LogP contribution in [0.3, 0.4) is 0 Å². The number of hydrogen-bond acceptors (Lipinski definition) is 4. The monoisotopic (exact) mass is 456 g/mol. The van der Waals surface area contributed by atoms with Crippen molar-refractivity contribution < 1.29 is 17.9 Å². The van der Waals surface area contributed by atoms with Crippen LogP contribution in [0.2, 0.25) is 0 Å². The lowest BCUT2D eigenvalue weighted by atomic mass is 9.84. The summed E-state index contributed by atoms with van der Waals surface area (Å²) in [4.78, 5) is 12.9. The van der Waals surface area contributed by atoms with Crippen molar-refractivity contribution >= 4 is 15.9 Å². The smallest absolute Gasteiger partial charge is 0.243 e. The molecule has 0 bridgehead atoms. The van der Waals surface area contributed by atoms with Crippen molar-refractivity contribution in [1.29, 1.82) is 0 Å². The Labute approximate surface area is 191 Å². The lowest BCUT2D eigenvalue weighted by molar-refractivity contribution is -0.124. The van der Waals surface area contributed by atoms with Crippen LogP contribution in [0.25, 0.3) is 0 Å². The second-order valence-corrected chi connectivity index (χ2v) is 10.5. The number of sulfonamides is 1. The summed E-state index contributed by atoms with van der Waals surface area (Å²) in [6.45, 7) is 1.03. The summed E-state index contributed by atoms with van der Waals surface area (Å²) in [7, 11) is -3.68. The first-order valence-electron chi connectivity index (χ1n) is 11.6. The van der Waals surface area contributed by atoms with Gasteiger partial charge in [-0.05, 0) is 61.4 Å². The maximum Gasteiger partial charge on any atom is 0.243 e.